The van der Waals surface area contributed by atoms with Gasteiger partial charge in [0.15, 0.2) is 36.9 Å². The third-order valence-electron chi connectivity index (χ3n) is 10.1. The SMILES string of the molecule is C#CCO[C@H]1[C@H](OC(=O)c2ccccc2)[C@@H](OC(=O)c2ccccc2)[C@H](n2cc(CO[C@@H]3[C@@H](NC(C)=O)[C@H](OCc4ccccc4)O[C@H](COC(C)=O)[C@@H]3OC(C)=O)nn2)O[C@@H]1C(=O)OC. The maximum Gasteiger partial charge on any atom is 0.338 e. The second kappa shape index (κ2) is 23.3. The summed E-state index contributed by atoms with van der Waals surface area (Å²) < 4.78 is 60.2. The molecule has 0 spiro atoms. The Morgan fingerprint density at radius 2 is 1.33 bits per heavy atom. The Morgan fingerprint density at radius 3 is 1.91 bits per heavy atom. The molecule has 1 amide bonds. The number of nitrogens with zero attached hydrogens (tertiary/aromatic N) is 3. The minimum atomic E-state index is -1.63. The number of benzene rings is 3. The first-order chi connectivity index (χ1) is 31.9. The fraction of sp³-hybridized carbons (Fsp3) is 0.391. The van der Waals surface area contributed by atoms with Crippen molar-refractivity contribution in [3.05, 3.63) is 120 Å². The van der Waals surface area contributed by atoms with Crippen LogP contribution < -0.4 is 5.32 Å². The van der Waals surface area contributed by atoms with Crippen LogP contribution in [0.5, 0.6) is 0 Å². The molecule has 2 aliphatic heterocycles. The molecule has 1 N–H and O–H groups in total. The predicted molar refractivity (Wildman–Crippen MR) is 224 cm³/mol. The van der Waals surface area contributed by atoms with Crippen molar-refractivity contribution in [2.75, 3.05) is 20.3 Å². The van der Waals surface area contributed by atoms with E-state index < -0.39 is 104 Å². The van der Waals surface area contributed by atoms with Gasteiger partial charge in [-0.2, -0.15) is 0 Å². The Hall–Kier alpha value is -7.02. The molecule has 2 saturated heterocycles. The summed E-state index contributed by atoms with van der Waals surface area (Å²) in [6, 6.07) is 23.8. The molecule has 3 heterocycles. The molecule has 0 aliphatic carbocycles. The maximum atomic E-state index is 13.8. The standard InChI is InChI=1S/C46H48N4O16/c1-6-22-58-38-39(65-43(54)31-18-12-8-13-19-31)40(66-44(55)32-20-14-9-15-21-32)42(64-41(38)45(56)57-5)50-23-33(48-49-50)25-60-37-35(47-27(2)51)46(61-24-30-16-10-7-11-17-30)63-34(26-59-28(3)52)36(37)62-29(4)53/h1,7-21,23,34-42,46H,22,24-26H2,2-5H3,(H,47,51)/t34-,35-,36+,37-,38+,39+,40-,41+,42-,46-/m1/s1. The average Bonchev–Trinajstić information content (AvgIpc) is 3.79. The van der Waals surface area contributed by atoms with Crippen LogP contribution in [-0.4, -0.2) is 126 Å². The number of terminal acetylenes is 1. The molecule has 1 aromatic heterocycles. The van der Waals surface area contributed by atoms with Gasteiger partial charge in [-0.25, -0.2) is 19.1 Å². The first kappa shape index (κ1) is 48.4. The van der Waals surface area contributed by atoms with Crippen molar-refractivity contribution in [1.29, 1.82) is 0 Å². The highest BCUT2D eigenvalue weighted by Gasteiger charge is 2.55. The first-order valence-corrected chi connectivity index (χ1v) is 20.6. The van der Waals surface area contributed by atoms with Crippen molar-refractivity contribution in [2.24, 2.45) is 0 Å². The van der Waals surface area contributed by atoms with Gasteiger partial charge in [0.25, 0.3) is 0 Å². The molecule has 2 fully saturated rings. The maximum absolute atomic E-state index is 13.8. The third kappa shape index (κ3) is 12.6. The Balaban J connectivity index is 1.36. The highest BCUT2D eigenvalue weighted by Crippen LogP contribution is 2.36. The second-order valence-electron chi connectivity index (χ2n) is 14.8. The average molecular weight is 913 g/mol. The van der Waals surface area contributed by atoms with E-state index in [1.165, 1.54) is 44.3 Å². The molecular formula is C46H48N4O16. The summed E-state index contributed by atoms with van der Waals surface area (Å²) >= 11 is 0. The van der Waals surface area contributed by atoms with Crippen molar-refractivity contribution in [1.82, 2.24) is 20.3 Å². The fourth-order valence-electron chi connectivity index (χ4n) is 7.20. The number of nitrogens with one attached hydrogen (secondary N) is 1. The minimum Gasteiger partial charge on any atom is -0.467 e. The van der Waals surface area contributed by atoms with E-state index in [9.17, 15) is 28.8 Å². The number of ether oxygens (including phenoxy) is 10. The van der Waals surface area contributed by atoms with Gasteiger partial charge in [0.05, 0.1) is 37.6 Å². The van der Waals surface area contributed by atoms with E-state index in [0.717, 1.165) is 24.3 Å². The van der Waals surface area contributed by atoms with Gasteiger partial charge in [-0.15, -0.1) is 11.5 Å². The molecule has 4 aromatic rings. The smallest absolute Gasteiger partial charge is 0.338 e. The summed E-state index contributed by atoms with van der Waals surface area (Å²) in [5.41, 5.74) is 1.12. The summed E-state index contributed by atoms with van der Waals surface area (Å²) in [5, 5.41) is 11.3. The zero-order valence-electron chi connectivity index (χ0n) is 36.3. The van der Waals surface area contributed by atoms with E-state index in [2.05, 4.69) is 21.5 Å². The molecular weight excluding hydrogens is 865 g/mol. The van der Waals surface area contributed by atoms with Crippen LogP contribution in [0.2, 0.25) is 0 Å². The predicted octanol–water partition coefficient (Wildman–Crippen LogP) is 2.64. The lowest BCUT2D eigenvalue weighted by molar-refractivity contribution is -0.285. The Bertz CT molecular complexity index is 2320. The van der Waals surface area contributed by atoms with Gasteiger partial charge in [0.1, 0.15) is 43.3 Å². The van der Waals surface area contributed by atoms with Crippen LogP contribution in [0.4, 0.5) is 0 Å². The van der Waals surface area contributed by atoms with Crippen molar-refractivity contribution in [3.8, 4) is 12.3 Å². The zero-order chi connectivity index (χ0) is 47.2. The molecule has 20 heteroatoms. The van der Waals surface area contributed by atoms with Crippen LogP contribution in [0.15, 0.2) is 97.2 Å². The highest BCUT2D eigenvalue weighted by atomic mass is 16.7. The summed E-state index contributed by atoms with van der Waals surface area (Å²) in [6.45, 7) is 2.50. The monoisotopic (exact) mass is 912 g/mol. The number of hydrogen-bond acceptors (Lipinski definition) is 18. The minimum absolute atomic E-state index is 0.0292. The summed E-state index contributed by atoms with van der Waals surface area (Å²) in [5.74, 6) is -2.24. The number of carbonyl (C=O) groups is 6. The molecule has 66 heavy (non-hydrogen) atoms. The number of amides is 1. The Morgan fingerprint density at radius 1 is 0.712 bits per heavy atom. The third-order valence-corrected chi connectivity index (χ3v) is 10.1. The van der Waals surface area contributed by atoms with E-state index in [-0.39, 0.29) is 36.6 Å². The van der Waals surface area contributed by atoms with E-state index in [4.69, 9.17) is 53.8 Å². The number of aromatic nitrogens is 3. The van der Waals surface area contributed by atoms with Gasteiger partial charge in [0, 0.05) is 20.8 Å². The van der Waals surface area contributed by atoms with E-state index in [1.807, 2.05) is 30.3 Å². The summed E-state index contributed by atoms with van der Waals surface area (Å²) in [7, 11) is 1.11. The van der Waals surface area contributed by atoms with Gasteiger partial charge < -0.3 is 52.7 Å². The zero-order valence-corrected chi connectivity index (χ0v) is 36.3. The molecule has 3 aromatic carbocycles. The van der Waals surface area contributed by atoms with E-state index in [1.54, 1.807) is 36.4 Å². The molecule has 0 bridgehead atoms. The fourth-order valence-corrected chi connectivity index (χ4v) is 7.20. The summed E-state index contributed by atoms with van der Waals surface area (Å²) in [4.78, 5) is 78.1. The van der Waals surface area contributed by atoms with Crippen LogP contribution in [0, 0.1) is 12.3 Å². The number of methoxy groups -OCH3 is 1. The molecule has 0 saturated carbocycles. The quantitative estimate of drug-likeness (QED) is 0.0858. The van der Waals surface area contributed by atoms with E-state index >= 15 is 0 Å². The Kier molecular flexibility index (Phi) is 17.1. The lowest BCUT2D eigenvalue weighted by atomic mass is 9.96. The lowest BCUT2D eigenvalue weighted by Gasteiger charge is -2.45. The number of rotatable bonds is 18. The van der Waals surface area contributed by atoms with Crippen molar-refractivity contribution in [3.63, 3.8) is 0 Å². The van der Waals surface area contributed by atoms with Crippen molar-refractivity contribution >= 4 is 35.8 Å². The van der Waals surface area contributed by atoms with Gasteiger partial charge in [0.2, 0.25) is 5.91 Å². The van der Waals surface area contributed by atoms with Gasteiger partial charge in [-0.05, 0) is 29.8 Å². The van der Waals surface area contributed by atoms with Crippen LogP contribution >= 0.6 is 0 Å². The van der Waals surface area contributed by atoms with Gasteiger partial charge in [-0.3, -0.25) is 14.4 Å². The van der Waals surface area contributed by atoms with Gasteiger partial charge in [-0.1, -0.05) is 77.9 Å². The number of carbonyl (C=O) groups excluding carboxylic acids is 6. The van der Waals surface area contributed by atoms with Crippen LogP contribution in [0.25, 0.3) is 0 Å². The highest BCUT2D eigenvalue weighted by molar-refractivity contribution is 5.90. The molecule has 0 radical (unpaired) electrons. The number of esters is 5. The molecule has 2 aliphatic rings. The van der Waals surface area contributed by atoms with Crippen LogP contribution in [0.3, 0.4) is 0 Å². The topological polar surface area (TPSA) is 237 Å². The van der Waals surface area contributed by atoms with Crippen LogP contribution in [0.1, 0.15) is 59.0 Å². The lowest BCUT2D eigenvalue weighted by Crippen LogP contribution is -2.66. The largest absolute Gasteiger partial charge is 0.467 e. The molecule has 0 unspecified atom stereocenters. The molecule has 10 atom stereocenters. The van der Waals surface area contributed by atoms with Gasteiger partial charge >= 0.3 is 29.8 Å². The molecule has 348 valence electrons. The van der Waals surface area contributed by atoms with Crippen molar-refractivity contribution in [2.45, 2.75) is 95.3 Å². The first-order valence-electron chi connectivity index (χ1n) is 20.6. The summed E-state index contributed by atoms with van der Waals surface area (Å²) in [6.07, 6.45) is -5.86. The van der Waals surface area contributed by atoms with E-state index in [0.29, 0.717) is 0 Å². The number of hydrogen-bond donors (Lipinski definition) is 1. The van der Waals surface area contributed by atoms with Crippen molar-refractivity contribution < 1.29 is 76.1 Å². The normalized spacial score (nSPS) is 24.7. The Labute approximate surface area is 379 Å². The molecule has 6 rings (SSSR count). The second-order valence-corrected chi connectivity index (χ2v) is 14.8. The van der Waals surface area contributed by atoms with Crippen LogP contribution in [-0.2, 0) is 79.8 Å². The molecule has 20 nitrogen and oxygen atoms in total.